The topological polar surface area (TPSA) is 122 Å². The van der Waals surface area contributed by atoms with E-state index in [1.54, 1.807) is 36.7 Å². The Hall–Kier alpha value is -4.59. The molecule has 1 saturated heterocycles. The predicted molar refractivity (Wildman–Crippen MR) is 150 cm³/mol. The molecule has 1 aliphatic heterocycles. The second-order valence-corrected chi connectivity index (χ2v) is 10.6. The van der Waals surface area contributed by atoms with Gasteiger partial charge in [-0.2, -0.15) is 0 Å². The van der Waals surface area contributed by atoms with Gasteiger partial charge in [0.05, 0.1) is 24.7 Å². The molecule has 0 unspecified atom stereocenters. The Labute approximate surface area is 243 Å². The van der Waals surface area contributed by atoms with E-state index in [1.807, 2.05) is 12.1 Å². The number of hydrogen-bond donors (Lipinski definition) is 2. The molecule has 1 aliphatic rings. The minimum absolute atomic E-state index is 0.133. The molecule has 1 fully saturated rings. The van der Waals surface area contributed by atoms with Crippen molar-refractivity contribution in [2.24, 2.45) is 0 Å². The van der Waals surface area contributed by atoms with Crippen molar-refractivity contribution in [2.75, 3.05) is 28.6 Å². The lowest BCUT2D eigenvalue weighted by atomic mass is 9.98. The number of carbonyl (C=O) groups is 2. The van der Waals surface area contributed by atoms with Gasteiger partial charge in [-0.05, 0) is 54.8 Å². The number of amides is 2. The van der Waals surface area contributed by atoms with Crippen LogP contribution in [0.1, 0.15) is 35.0 Å². The standard InChI is InChI=1S/C28H26F3N7O3S/c29-28(30,31)41-22-8-3-5-18(13-22)14-24(39)34-23-10-9-21(16-33-23)38-12-4-6-19(17-38)26-36-37-27(42-26)35-25(40)15-20-7-1-2-11-32-20/h1-3,5,7-11,13,16,19H,4,6,12,14-15,17H2,(H,33,34,39)(H,35,37,40)/t19-/m0/s1. The molecule has 0 spiro atoms. The van der Waals surface area contributed by atoms with Gasteiger partial charge in [0, 0.05) is 30.9 Å². The van der Waals surface area contributed by atoms with Crippen molar-refractivity contribution >= 4 is 39.8 Å². The highest BCUT2D eigenvalue weighted by Gasteiger charge is 2.31. The van der Waals surface area contributed by atoms with E-state index >= 15 is 0 Å². The number of aromatic nitrogens is 4. The highest BCUT2D eigenvalue weighted by molar-refractivity contribution is 7.15. The molecule has 1 aromatic carbocycles. The number of carbonyl (C=O) groups excluding carboxylic acids is 2. The summed E-state index contributed by atoms with van der Waals surface area (Å²) in [6.45, 7) is 1.52. The van der Waals surface area contributed by atoms with Crippen LogP contribution in [-0.4, -0.2) is 51.4 Å². The molecular weight excluding hydrogens is 571 g/mol. The van der Waals surface area contributed by atoms with Crippen molar-refractivity contribution in [3.8, 4) is 5.75 Å². The molecule has 2 N–H and O–H groups in total. The van der Waals surface area contributed by atoms with Crippen LogP contribution in [0.15, 0.2) is 67.0 Å². The molecule has 1 atom stereocenters. The molecule has 4 heterocycles. The zero-order valence-electron chi connectivity index (χ0n) is 22.2. The van der Waals surface area contributed by atoms with Gasteiger partial charge < -0.3 is 20.3 Å². The molecule has 0 saturated carbocycles. The Bertz CT molecular complexity index is 1520. The maximum absolute atomic E-state index is 12.5. The lowest BCUT2D eigenvalue weighted by molar-refractivity contribution is -0.274. The second-order valence-electron chi connectivity index (χ2n) is 9.60. The van der Waals surface area contributed by atoms with E-state index < -0.39 is 12.3 Å². The molecule has 4 aromatic rings. The number of anilines is 3. The van der Waals surface area contributed by atoms with E-state index in [1.165, 1.54) is 29.5 Å². The van der Waals surface area contributed by atoms with Crippen molar-refractivity contribution in [1.29, 1.82) is 0 Å². The molecule has 42 heavy (non-hydrogen) atoms. The third kappa shape index (κ3) is 8.22. The Morgan fingerprint density at radius 1 is 1.00 bits per heavy atom. The van der Waals surface area contributed by atoms with Crippen LogP contribution < -0.4 is 20.3 Å². The number of alkyl halides is 3. The van der Waals surface area contributed by atoms with Gasteiger partial charge in [0.2, 0.25) is 16.9 Å². The first-order valence-electron chi connectivity index (χ1n) is 13.1. The van der Waals surface area contributed by atoms with Crippen LogP contribution in [0.4, 0.5) is 29.8 Å². The van der Waals surface area contributed by atoms with Crippen molar-refractivity contribution < 1.29 is 27.5 Å². The molecule has 2 amide bonds. The maximum atomic E-state index is 12.5. The summed E-state index contributed by atoms with van der Waals surface area (Å²) >= 11 is 1.36. The minimum atomic E-state index is -4.81. The largest absolute Gasteiger partial charge is 0.573 e. The zero-order chi connectivity index (χ0) is 29.5. The fourth-order valence-corrected chi connectivity index (χ4v) is 5.45. The summed E-state index contributed by atoms with van der Waals surface area (Å²) in [7, 11) is 0. The van der Waals surface area contributed by atoms with Gasteiger partial charge in [0.1, 0.15) is 16.6 Å². The van der Waals surface area contributed by atoms with Crippen LogP contribution in [0.25, 0.3) is 0 Å². The van der Waals surface area contributed by atoms with Crippen molar-refractivity contribution in [2.45, 2.75) is 38.0 Å². The van der Waals surface area contributed by atoms with Gasteiger partial charge in [0.15, 0.2) is 0 Å². The average molecular weight is 598 g/mol. The summed E-state index contributed by atoms with van der Waals surface area (Å²) in [5, 5.41) is 15.2. The van der Waals surface area contributed by atoms with Crippen LogP contribution in [0.5, 0.6) is 5.75 Å². The number of hydrogen-bond acceptors (Lipinski definition) is 9. The van der Waals surface area contributed by atoms with Crippen LogP contribution in [0, 0.1) is 0 Å². The lowest BCUT2D eigenvalue weighted by Crippen LogP contribution is -2.34. The number of ether oxygens (including phenoxy) is 1. The van der Waals surface area contributed by atoms with E-state index in [9.17, 15) is 22.8 Å². The van der Waals surface area contributed by atoms with Gasteiger partial charge >= 0.3 is 6.36 Å². The first kappa shape index (κ1) is 28.9. The van der Waals surface area contributed by atoms with Gasteiger partial charge in [0.25, 0.3) is 0 Å². The molecule has 0 aliphatic carbocycles. The van der Waals surface area contributed by atoms with Crippen LogP contribution >= 0.6 is 11.3 Å². The fraction of sp³-hybridized carbons (Fsp3) is 0.286. The Morgan fingerprint density at radius 2 is 1.86 bits per heavy atom. The maximum Gasteiger partial charge on any atom is 0.573 e. The zero-order valence-corrected chi connectivity index (χ0v) is 23.0. The Kier molecular flexibility index (Phi) is 8.91. The summed E-state index contributed by atoms with van der Waals surface area (Å²) in [6.07, 6.45) is 0.383. The monoisotopic (exact) mass is 597 g/mol. The van der Waals surface area contributed by atoms with E-state index in [0.29, 0.717) is 28.8 Å². The summed E-state index contributed by atoms with van der Waals surface area (Å²) in [4.78, 5) is 35.5. The number of nitrogens with zero attached hydrogens (tertiary/aromatic N) is 5. The van der Waals surface area contributed by atoms with Crippen molar-refractivity contribution in [3.63, 3.8) is 0 Å². The molecule has 10 nitrogen and oxygen atoms in total. The van der Waals surface area contributed by atoms with E-state index in [4.69, 9.17) is 0 Å². The van der Waals surface area contributed by atoms with E-state index in [2.05, 4.69) is 40.4 Å². The van der Waals surface area contributed by atoms with Crippen LogP contribution in [0.2, 0.25) is 0 Å². The van der Waals surface area contributed by atoms with E-state index in [-0.39, 0.29) is 30.4 Å². The third-order valence-corrected chi connectivity index (χ3v) is 7.40. The molecule has 3 aromatic heterocycles. The molecule has 14 heteroatoms. The number of pyridine rings is 2. The summed E-state index contributed by atoms with van der Waals surface area (Å²) in [5.74, 6) is -0.546. The molecule has 0 bridgehead atoms. The van der Waals surface area contributed by atoms with Gasteiger partial charge in [-0.1, -0.05) is 29.5 Å². The Balaban J connectivity index is 1.13. The molecule has 5 rings (SSSR count). The van der Waals surface area contributed by atoms with Gasteiger partial charge in [-0.25, -0.2) is 4.98 Å². The van der Waals surface area contributed by atoms with Crippen LogP contribution in [0.3, 0.4) is 0 Å². The first-order valence-corrected chi connectivity index (χ1v) is 13.9. The smallest absolute Gasteiger partial charge is 0.406 e. The number of halogens is 3. The van der Waals surface area contributed by atoms with Crippen LogP contribution in [-0.2, 0) is 22.4 Å². The highest BCUT2D eigenvalue weighted by atomic mass is 32.1. The summed E-state index contributed by atoms with van der Waals surface area (Å²) in [6, 6.07) is 14.2. The van der Waals surface area contributed by atoms with Gasteiger partial charge in [-0.15, -0.1) is 23.4 Å². The lowest BCUT2D eigenvalue weighted by Gasteiger charge is -2.33. The number of benzene rings is 1. The number of piperidine rings is 1. The normalized spacial score (nSPS) is 15.2. The van der Waals surface area contributed by atoms with Crippen molar-refractivity contribution in [1.82, 2.24) is 20.2 Å². The third-order valence-electron chi connectivity index (χ3n) is 6.40. The SMILES string of the molecule is O=C(Cc1cccc(OC(F)(F)F)c1)Nc1ccc(N2CCC[C@H](c3nnc(NC(=O)Cc4ccccn4)s3)C2)cn1. The quantitative estimate of drug-likeness (QED) is 0.277. The van der Waals surface area contributed by atoms with Crippen molar-refractivity contribution in [3.05, 3.63) is 83.3 Å². The Morgan fingerprint density at radius 3 is 2.62 bits per heavy atom. The molecule has 0 radical (unpaired) electrons. The highest BCUT2D eigenvalue weighted by Crippen LogP contribution is 2.33. The van der Waals surface area contributed by atoms with Gasteiger partial charge in [-0.3, -0.25) is 14.6 Å². The molecular formula is C28H26F3N7O3S. The predicted octanol–water partition coefficient (Wildman–Crippen LogP) is 4.97. The summed E-state index contributed by atoms with van der Waals surface area (Å²) < 4.78 is 41.3. The number of nitrogens with one attached hydrogen (secondary N) is 2. The van der Waals surface area contributed by atoms with E-state index in [0.717, 1.165) is 30.1 Å². The fourth-order valence-electron chi connectivity index (χ4n) is 4.57. The first-order chi connectivity index (χ1) is 20.2. The second kappa shape index (κ2) is 12.9. The summed E-state index contributed by atoms with van der Waals surface area (Å²) in [5.41, 5.74) is 1.92. The minimum Gasteiger partial charge on any atom is -0.406 e. The molecule has 218 valence electrons. The average Bonchev–Trinajstić information content (AvgIpc) is 3.41. The number of rotatable bonds is 9.